The third kappa shape index (κ3) is 7.27. The zero-order valence-electron chi connectivity index (χ0n) is 23.3. The fourth-order valence-electron chi connectivity index (χ4n) is 4.72. The Morgan fingerprint density at radius 1 is 0.913 bits per heavy atom. The van der Waals surface area contributed by atoms with Crippen molar-refractivity contribution < 1.29 is 72.1 Å². The number of imidazole rings is 2. The Hall–Kier alpha value is -2.99. The number of hydrogen-bond acceptors (Lipinski definition) is 18. The van der Waals surface area contributed by atoms with Gasteiger partial charge in [0.1, 0.15) is 54.5 Å². The normalized spacial score (nSPS) is 31.5. The van der Waals surface area contributed by atoms with Gasteiger partial charge in [0, 0.05) is 12.6 Å². The number of phosphoric ester groups is 2. The molecule has 3 aromatic rings. The largest absolute Gasteiger partial charge is 0.481 e. The average molecular weight is 696 g/mol. The van der Waals surface area contributed by atoms with Crippen LogP contribution in [0, 0.1) is 0 Å². The van der Waals surface area contributed by atoms with E-state index >= 15 is 0 Å². The van der Waals surface area contributed by atoms with E-state index in [1.165, 1.54) is 28.0 Å². The fraction of sp³-hybridized carbons (Fsp3) is 0.571. The molecule has 2 saturated heterocycles. The van der Waals surface area contributed by atoms with E-state index in [-0.39, 0.29) is 29.1 Å². The molecule has 5 heterocycles. The van der Waals surface area contributed by atoms with Crippen LogP contribution in [0.3, 0.4) is 0 Å². The van der Waals surface area contributed by atoms with Gasteiger partial charge in [-0.05, 0) is 0 Å². The molecule has 0 amide bonds. The molecule has 23 nitrogen and oxygen atoms in total. The molecule has 46 heavy (non-hydrogen) atoms. The molecular weight excluding hydrogens is 666 g/mol. The number of aliphatic carboxylic acids is 1. The summed E-state index contributed by atoms with van der Waals surface area (Å²) >= 11 is 0. The third-order valence-corrected chi connectivity index (χ3v) is 9.64. The number of nitrogens with zero attached hydrogens (tertiary/aromatic N) is 6. The molecule has 2 aliphatic rings. The molecule has 0 radical (unpaired) electrons. The highest BCUT2D eigenvalue weighted by Crippen LogP contribution is 2.60. The van der Waals surface area contributed by atoms with Crippen molar-refractivity contribution in [2.45, 2.75) is 61.5 Å². The van der Waals surface area contributed by atoms with Crippen molar-refractivity contribution in [3.8, 4) is 0 Å². The predicted molar refractivity (Wildman–Crippen MR) is 146 cm³/mol. The molecule has 254 valence electrons. The van der Waals surface area contributed by atoms with Gasteiger partial charge in [0.15, 0.2) is 23.9 Å². The van der Waals surface area contributed by atoms with Crippen LogP contribution < -0.4 is 11.5 Å². The van der Waals surface area contributed by atoms with Gasteiger partial charge in [-0.15, -0.1) is 0 Å². The second kappa shape index (κ2) is 13.3. The Morgan fingerprint density at radius 3 is 2.11 bits per heavy atom. The van der Waals surface area contributed by atoms with Gasteiger partial charge in [0.2, 0.25) is 0 Å². The Bertz CT molecular complexity index is 1660. The number of phosphoric acid groups is 2. The van der Waals surface area contributed by atoms with Gasteiger partial charge in [0.05, 0.1) is 31.6 Å². The van der Waals surface area contributed by atoms with E-state index in [1.807, 2.05) is 0 Å². The number of carboxylic acids is 1. The summed E-state index contributed by atoms with van der Waals surface area (Å²) in [6.45, 7) is -1.83. The van der Waals surface area contributed by atoms with Crippen molar-refractivity contribution >= 4 is 38.6 Å². The van der Waals surface area contributed by atoms with Crippen LogP contribution in [0.4, 0.5) is 5.82 Å². The van der Waals surface area contributed by atoms with Crippen LogP contribution in [0.2, 0.25) is 0 Å². The van der Waals surface area contributed by atoms with E-state index in [0.717, 1.165) is 6.33 Å². The number of aromatic nitrogens is 6. The molecule has 3 aromatic heterocycles. The highest BCUT2D eigenvalue weighted by atomic mass is 31.3. The first-order valence-corrected chi connectivity index (χ1v) is 16.2. The lowest BCUT2D eigenvalue weighted by molar-refractivity contribution is -0.138. The fourth-order valence-corrected chi connectivity index (χ4v) is 6.81. The van der Waals surface area contributed by atoms with Crippen LogP contribution in [0.15, 0.2) is 25.2 Å². The molecule has 5 rings (SSSR count). The molecule has 0 aromatic carbocycles. The van der Waals surface area contributed by atoms with E-state index in [0.29, 0.717) is 0 Å². The standard InChI is InChI=1S/C21H30N8O15P2/c22-9(21(34)35)1-8-2-28(6-26-8)19-15(32)13(30)10(42-19)3-40-45(36,37)44-46(38,39)41-4-11-14(31)16(33)20(43-11)29-7-27-12-17(23)24-5-25-18(12)29/h2,5-7,9-11,13-16,19-20,30-33H,1,3-4,22H2,(H,34,35)(H,36,37)(H,38,39)(H2,23,24,25)/t9-,10+,11+,13+,14+,15+,16+,19+,20+/m0/s1. The van der Waals surface area contributed by atoms with E-state index < -0.39 is 89.9 Å². The molecule has 2 aliphatic heterocycles. The summed E-state index contributed by atoms with van der Waals surface area (Å²) in [6, 6.07) is -1.24. The molecule has 0 bridgehead atoms. The minimum Gasteiger partial charge on any atom is -0.480 e. The smallest absolute Gasteiger partial charge is 0.480 e. The number of anilines is 1. The van der Waals surface area contributed by atoms with Gasteiger partial charge in [-0.25, -0.2) is 29.1 Å². The number of aliphatic hydroxyl groups is 4. The zero-order chi connectivity index (χ0) is 33.6. The molecular formula is C21H30N8O15P2. The number of aliphatic hydroxyl groups excluding tert-OH is 4. The van der Waals surface area contributed by atoms with Gasteiger partial charge in [-0.3, -0.25) is 18.4 Å². The van der Waals surface area contributed by atoms with Crippen LogP contribution in [0.1, 0.15) is 18.1 Å². The number of nitrogen functional groups attached to an aromatic ring is 1. The maximum absolute atomic E-state index is 12.4. The monoisotopic (exact) mass is 696 g/mol. The molecule has 11 N–H and O–H groups in total. The van der Waals surface area contributed by atoms with E-state index in [1.54, 1.807) is 0 Å². The van der Waals surface area contributed by atoms with E-state index in [4.69, 9.17) is 30.6 Å². The highest BCUT2D eigenvalue weighted by Gasteiger charge is 2.48. The van der Waals surface area contributed by atoms with Crippen LogP contribution in [-0.4, -0.2) is 126 Å². The van der Waals surface area contributed by atoms with Gasteiger partial charge in [0.25, 0.3) is 0 Å². The first-order chi connectivity index (χ1) is 21.6. The summed E-state index contributed by atoms with van der Waals surface area (Å²) in [6.07, 6.45) is -7.28. The first kappa shape index (κ1) is 34.3. The molecule has 0 spiro atoms. The number of rotatable bonds is 13. The van der Waals surface area contributed by atoms with E-state index in [9.17, 15) is 44.1 Å². The molecule has 0 saturated carbocycles. The summed E-state index contributed by atoms with van der Waals surface area (Å²) in [5.74, 6) is -1.21. The lowest BCUT2D eigenvalue weighted by atomic mass is 10.1. The molecule has 0 aliphatic carbocycles. The Labute approximate surface area is 257 Å². The van der Waals surface area contributed by atoms with Crippen molar-refractivity contribution in [2.24, 2.45) is 5.73 Å². The van der Waals surface area contributed by atoms with Crippen molar-refractivity contribution in [1.29, 1.82) is 0 Å². The number of fused-ring (bicyclic) bond motifs is 1. The number of carbonyl (C=O) groups is 1. The van der Waals surface area contributed by atoms with Crippen molar-refractivity contribution in [1.82, 2.24) is 29.1 Å². The minimum absolute atomic E-state index is 0.0445. The summed E-state index contributed by atoms with van der Waals surface area (Å²) in [5, 5.41) is 50.6. The zero-order valence-corrected chi connectivity index (χ0v) is 25.0. The maximum atomic E-state index is 12.4. The van der Waals surface area contributed by atoms with Gasteiger partial charge in [-0.1, -0.05) is 0 Å². The van der Waals surface area contributed by atoms with Crippen molar-refractivity contribution in [3.63, 3.8) is 0 Å². The molecule has 2 fully saturated rings. The van der Waals surface area contributed by atoms with Gasteiger partial charge >= 0.3 is 21.6 Å². The topological polar surface area (TPSA) is 352 Å². The molecule has 2 unspecified atom stereocenters. The second-order valence-electron chi connectivity index (χ2n) is 10.2. The molecule has 25 heteroatoms. The average Bonchev–Trinajstić information content (AvgIpc) is 3.74. The van der Waals surface area contributed by atoms with Crippen molar-refractivity contribution in [3.05, 3.63) is 30.9 Å². The van der Waals surface area contributed by atoms with Crippen molar-refractivity contribution in [2.75, 3.05) is 18.9 Å². The lowest BCUT2D eigenvalue weighted by Gasteiger charge is -2.20. The lowest BCUT2D eigenvalue weighted by Crippen LogP contribution is -2.34. The van der Waals surface area contributed by atoms with Crippen LogP contribution in [0.5, 0.6) is 0 Å². The number of carboxylic acid groups (broad SMARTS) is 1. The number of nitrogens with two attached hydrogens (primary N) is 2. The quantitative estimate of drug-likeness (QED) is 0.0792. The van der Waals surface area contributed by atoms with Gasteiger partial charge < -0.3 is 60.8 Å². The summed E-state index contributed by atoms with van der Waals surface area (Å²) in [4.78, 5) is 46.8. The highest BCUT2D eigenvalue weighted by molar-refractivity contribution is 7.61. The van der Waals surface area contributed by atoms with Crippen LogP contribution >= 0.6 is 15.6 Å². The SMILES string of the molecule is Nc1ncnc2c1ncn2[C@@H]1O[C@H](COP(=O)(O)OP(=O)(O)OC[C@H]2O[C@@H](n3cnc(C[C@H](N)C(=O)O)c3)[C@H](O)[C@@H]2O)[C@@H](O)[C@H]1O. The second-order valence-corrected chi connectivity index (χ2v) is 13.3. The number of hydrogen-bond donors (Lipinski definition) is 9. The summed E-state index contributed by atoms with van der Waals surface area (Å²) in [7, 11) is -10.8. The first-order valence-electron chi connectivity index (χ1n) is 13.2. The minimum atomic E-state index is -5.39. The summed E-state index contributed by atoms with van der Waals surface area (Å²) < 4.78 is 52.0. The predicted octanol–water partition coefficient (Wildman–Crippen LogP) is -3.25. The maximum Gasteiger partial charge on any atom is 0.481 e. The van der Waals surface area contributed by atoms with Gasteiger partial charge in [-0.2, -0.15) is 4.31 Å². The van der Waals surface area contributed by atoms with Crippen LogP contribution in [-0.2, 0) is 43.2 Å². The third-order valence-electron chi connectivity index (χ3n) is 7.04. The van der Waals surface area contributed by atoms with Crippen LogP contribution in [0.25, 0.3) is 11.2 Å². The Morgan fingerprint density at radius 2 is 1.50 bits per heavy atom. The Kier molecular flexibility index (Phi) is 9.90. The summed E-state index contributed by atoms with van der Waals surface area (Å²) in [5.41, 5.74) is 11.8. The molecule has 11 atom stereocenters. The Balaban J connectivity index is 1.13. The van der Waals surface area contributed by atoms with E-state index in [2.05, 4.69) is 28.8 Å². The number of ether oxygens (including phenoxy) is 2.